The van der Waals surface area contributed by atoms with E-state index in [0.29, 0.717) is 6.04 Å². The largest absolute Gasteiger partial charge is 0.357 e. The van der Waals surface area contributed by atoms with Crippen molar-refractivity contribution in [1.29, 1.82) is 0 Å². The summed E-state index contributed by atoms with van der Waals surface area (Å²) < 4.78 is 0. The van der Waals surface area contributed by atoms with Crippen LogP contribution in [-0.4, -0.2) is 67.2 Å². The number of thiazole rings is 1. The Labute approximate surface area is 209 Å². The van der Waals surface area contributed by atoms with Crippen LogP contribution >= 0.6 is 35.3 Å². The standard InChI is InChI=1S/C23H40N6S.HI/c1-2-24-22(25-13-10-20-18-30-23(27-20)29-14-6-7-15-29)26-19-11-16-28(17-12-19)21-8-4-3-5-9-21;/h18-19,21H,2-17H2,1H3,(H2,24,25,26);1H. The van der Waals surface area contributed by atoms with Gasteiger partial charge in [-0.15, -0.1) is 35.3 Å². The maximum atomic E-state index is 4.85. The summed E-state index contributed by atoms with van der Waals surface area (Å²) in [5, 5.41) is 10.6. The topological polar surface area (TPSA) is 55.8 Å². The van der Waals surface area contributed by atoms with Crippen molar-refractivity contribution in [2.45, 2.75) is 83.2 Å². The van der Waals surface area contributed by atoms with E-state index in [1.54, 1.807) is 11.3 Å². The lowest BCUT2D eigenvalue weighted by molar-refractivity contribution is 0.119. The SMILES string of the molecule is CCNC(=NCCc1csc(N2CCCC2)n1)NC1CCN(C2CCCCC2)CC1.I. The van der Waals surface area contributed by atoms with Gasteiger partial charge >= 0.3 is 0 Å². The molecule has 0 aromatic carbocycles. The minimum absolute atomic E-state index is 0. The van der Waals surface area contributed by atoms with Gasteiger partial charge in [0.2, 0.25) is 0 Å². The van der Waals surface area contributed by atoms with Gasteiger partial charge in [-0.3, -0.25) is 4.99 Å². The van der Waals surface area contributed by atoms with E-state index in [4.69, 9.17) is 9.98 Å². The second-order valence-corrected chi connectivity index (χ2v) is 9.91. The Hall–Kier alpha value is -0.610. The first kappa shape index (κ1) is 25.0. The van der Waals surface area contributed by atoms with E-state index in [0.717, 1.165) is 31.5 Å². The van der Waals surface area contributed by atoms with Crippen molar-refractivity contribution in [2.24, 2.45) is 4.99 Å². The third kappa shape index (κ3) is 7.45. The number of guanidine groups is 1. The van der Waals surface area contributed by atoms with Crippen molar-refractivity contribution >= 4 is 46.4 Å². The van der Waals surface area contributed by atoms with Crippen molar-refractivity contribution < 1.29 is 0 Å². The third-order valence-corrected chi connectivity index (χ3v) is 7.81. The van der Waals surface area contributed by atoms with Crippen LogP contribution in [0.25, 0.3) is 0 Å². The van der Waals surface area contributed by atoms with E-state index < -0.39 is 0 Å². The minimum atomic E-state index is 0. The molecule has 2 saturated heterocycles. The first-order valence-electron chi connectivity index (χ1n) is 12.3. The number of aliphatic imine (C=N–C) groups is 1. The Bertz CT molecular complexity index is 661. The number of halogens is 1. The van der Waals surface area contributed by atoms with Gasteiger partial charge in [0.15, 0.2) is 11.1 Å². The maximum absolute atomic E-state index is 4.85. The van der Waals surface area contributed by atoms with Gasteiger partial charge in [0.25, 0.3) is 0 Å². The molecule has 3 aliphatic rings. The number of anilines is 1. The van der Waals surface area contributed by atoms with Crippen LogP contribution in [0.4, 0.5) is 5.13 Å². The molecule has 2 aliphatic heterocycles. The number of likely N-dealkylation sites (tertiary alicyclic amines) is 1. The van der Waals surface area contributed by atoms with Crippen LogP contribution in [0.15, 0.2) is 10.4 Å². The molecule has 0 atom stereocenters. The van der Waals surface area contributed by atoms with Gasteiger partial charge < -0.3 is 20.4 Å². The summed E-state index contributed by atoms with van der Waals surface area (Å²) in [5.41, 5.74) is 1.18. The fourth-order valence-electron chi connectivity index (χ4n) is 5.12. The van der Waals surface area contributed by atoms with Gasteiger partial charge in [0.1, 0.15) is 0 Å². The molecule has 1 aliphatic carbocycles. The quantitative estimate of drug-likeness (QED) is 0.297. The molecular formula is C23H41IN6S. The lowest BCUT2D eigenvalue weighted by Crippen LogP contribution is -2.51. The zero-order valence-corrected chi connectivity index (χ0v) is 22.3. The number of hydrogen-bond acceptors (Lipinski definition) is 5. The zero-order valence-electron chi connectivity index (χ0n) is 19.2. The van der Waals surface area contributed by atoms with Crippen molar-refractivity contribution in [1.82, 2.24) is 20.5 Å². The zero-order chi connectivity index (χ0) is 20.6. The van der Waals surface area contributed by atoms with Crippen LogP contribution in [0.3, 0.4) is 0 Å². The molecule has 176 valence electrons. The van der Waals surface area contributed by atoms with E-state index in [2.05, 4.69) is 32.7 Å². The van der Waals surface area contributed by atoms with Crippen LogP contribution in [0.1, 0.15) is 70.4 Å². The maximum Gasteiger partial charge on any atom is 0.191 e. The van der Waals surface area contributed by atoms with Gasteiger partial charge in [0, 0.05) is 63.2 Å². The molecule has 6 nitrogen and oxygen atoms in total. The number of piperidine rings is 1. The number of hydrogen-bond donors (Lipinski definition) is 2. The van der Waals surface area contributed by atoms with E-state index in [1.807, 2.05) is 0 Å². The molecule has 3 fully saturated rings. The lowest BCUT2D eigenvalue weighted by atomic mass is 9.92. The smallest absolute Gasteiger partial charge is 0.191 e. The fraction of sp³-hybridized carbons (Fsp3) is 0.826. The van der Waals surface area contributed by atoms with Crippen LogP contribution < -0.4 is 15.5 Å². The number of rotatable bonds is 7. The molecule has 4 rings (SSSR count). The van der Waals surface area contributed by atoms with Crippen molar-refractivity contribution in [3.63, 3.8) is 0 Å². The van der Waals surface area contributed by atoms with Crippen molar-refractivity contribution in [2.75, 3.05) is 44.2 Å². The molecular weight excluding hydrogens is 519 g/mol. The first-order chi connectivity index (χ1) is 14.8. The van der Waals surface area contributed by atoms with E-state index in [-0.39, 0.29) is 24.0 Å². The molecule has 1 aromatic heterocycles. The Morgan fingerprint density at radius 2 is 1.81 bits per heavy atom. The normalized spacial score (nSPS) is 21.8. The van der Waals surface area contributed by atoms with E-state index >= 15 is 0 Å². The molecule has 0 spiro atoms. The van der Waals surface area contributed by atoms with E-state index in [9.17, 15) is 0 Å². The highest BCUT2D eigenvalue weighted by atomic mass is 127. The van der Waals surface area contributed by atoms with Gasteiger partial charge in [-0.25, -0.2) is 4.98 Å². The molecule has 2 N–H and O–H groups in total. The molecule has 0 bridgehead atoms. The summed E-state index contributed by atoms with van der Waals surface area (Å²) in [6, 6.07) is 1.40. The molecule has 3 heterocycles. The van der Waals surface area contributed by atoms with Gasteiger partial charge in [-0.05, 0) is 45.4 Å². The molecule has 8 heteroatoms. The highest BCUT2D eigenvalue weighted by molar-refractivity contribution is 14.0. The second-order valence-electron chi connectivity index (χ2n) is 9.07. The number of nitrogens with one attached hydrogen (secondary N) is 2. The Balaban J connectivity index is 0.00000272. The molecule has 1 saturated carbocycles. The second kappa shape index (κ2) is 13.2. The van der Waals surface area contributed by atoms with Crippen molar-refractivity contribution in [3.05, 3.63) is 11.1 Å². The predicted octanol–water partition coefficient (Wildman–Crippen LogP) is 4.26. The number of aromatic nitrogens is 1. The summed E-state index contributed by atoms with van der Waals surface area (Å²) in [4.78, 5) is 14.9. The van der Waals surface area contributed by atoms with Gasteiger partial charge in [0.05, 0.1) is 5.69 Å². The summed E-state index contributed by atoms with van der Waals surface area (Å²) >= 11 is 1.79. The Morgan fingerprint density at radius 3 is 2.52 bits per heavy atom. The van der Waals surface area contributed by atoms with Crippen LogP contribution in [0, 0.1) is 0 Å². The van der Waals surface area contributed by atoms with Crippen LogP contribution in [0.5, 0.6) is 0 Å². The Kier molecular flexibility index (Phi) is 10.6. The molecule has 0 unspecified atom stereocenters. The van der Waals surface area contributed by atoms with E-state index in [1.165, 1.54) is 94.8 Å². The molecule has 0 radical (unpaired) electrons. The molecule has 1 aromatic rings. The van der Waals surface area contributed by atoms with Gasteiger partial charge in [-0.2, -0.15) is 0 Å². The summed E-state index contributed by atoms with van der Waals surface area (Å²) in [7, 11) is 0. The van der Waals surface area contributed by atoms with Crippen LogP contribution in [0.2, 0.25) is 0 Å². The fourth-order valence-corrected chi connectivity index (χ4v) is 6.03. The van der Waals surface area contributed by atoms with Crippen molar-refractivity contribution in [3.8, 4) is 0 Å². The summed E-state index contributed by atoms with van der Waals surface area (Å²) in [5.74, 6) is 0.976. The van der Waals surface area contributed by atoms with Gasteiger partial charge in [-0.1, -0.05) is 19.3 Å². The minimum Gasteiger partial charge on any atom is -0.357 e. The molecule has 0 amide bonds. The summed E-state index contributed by atoms with van der Waals surface area (Å²) in [6.45, 7) is 8.64. The monoisotopic (exact) mass is 560 g/mol. The van der Waals surface area contributed by atoms with Crippen LogP contribution in [-0.2, 0) is 6.42 Å². The highest BCUT2D eigenvalue weighted by Crippen LogP contribution is 2.26. The summed E-state index contributed by atoms with van der Waals surface area (Å²) in [6.07, 6.45) is 13.1. The predicted molar refractivity (Wildman–Crippen MR) is 143 cm³/mol. The Morgan fingerprint density at radius 1 is 1.06 bits per heavy atom. The highest BCUT2D eigenvalue weighted by Gasteiger charge is 2.26. The average molecular weight is 561 g/mol. The lowest BCUT2D eigenvalue weighted by Gasteiger charge is -2.39. The average Bonchev–Trinajstić information content (AvgIpc) is 3.47. The third-order valence-electron chi connectivity index (χ3n) is 6.86. The first-order valence-corrected chi connectivity index (χ1v) is 13.2. The number of nitrogens with zero attached hydrogens (tertiary/aromatic N) is 4. The molecule has 31 heavy (non-hydrogen) atoms.